The number of pyridine rings is 4. The van der Waals surface area contributed by atoms with Crippen molar-refractivity contribution in [2.45, 2.75) is 26.9 Å². The number of nitrogens with zero attached hydrogens (tertiary/aromatic N) is 10. The fraction of sp³-hybridized carbons (Fsp3) is 0.0833. The van der Waals surface area contributed by atoms with Crippen molar-refractivity contribution in [1.82, 2.24) is 59.1 Å². The monoisotopic (exact) mass is 810 g/mol. The topological polar surface area (TPSA) is 168 Å². The summed E-state index contributed by atoms with van der Waals surface area (Å²) < 4.78 is 3.52. The van der Waals surface area contributed by atoms with Gasteiger partial charge in [0.1, 0.15) is 18.0 Å². The summed E-state index contributed by atoms with van der Waals surface area (Å²) in [5.74, 6) is 4.80. The van der Waals surface area contributed by atoms with Crippen LogP contribution in [0, 0.1) is 26.2 Å². The number of terminal acetylenes is 1. The van der Waals surface area contributed by atoms with Gasteiger partial charge in [-0.15, -0.1) is 11.5 Å². The minimum Gasteiger partial charge on any atom is -0.378 e. The van der Waals surface area contributed by atoms with Crippen LogP contribution in [0.1, 0.15) is 40.0 Å². The summed E-state index contributed by atoms with van der Waals surface area (Å²) in [5, 5.41) is 16.0. The van der Waals surface area contributed by atoms with E-state index in [2.05, 4.69) is 36.6 Å². The highest BCUT2D eigenvalue weighted by molar-refractivity contribution is 5.78. The number of imidazole rings is 2. The van der Waals surface area contributed by atoms with Crippen molar-refractivity contribution < 1.29 is 0 Å². The smallest absolute Gasteiger partial charge is 0.174 e. The molecule has 0 saturated carbocycles. The zero-order chi connectivity index (χ0) is 42.0. The quantitative estimate of drug-likeness (QED) is 0.0877. The Kier molecular flexibility index (Phi) is 9.79. The number of hydrogen-bond donors (Lipinski definition) is 4. The predicted octanol–water partition coefficient (Wildman–Crippen LogP) is 8.67. The Morgan fingerprint density at radius 1 is 0.629 bits per heavy atom. The molecule has 10 rings (SSSR count). The number of rotatable bonds is 12. The maximum absolute atomic E-state index is 5.62. The largest absolute Gasteiger partial charge is 0.378 e. The molecule has 0 fully saturated rings. The lowest BCUT2D eigenvalue weighted by Crippen LogP contribution is -2.01. The highest BCUT2D eigenvalue weighted by Crippen LogP contribution is 2.31. The first-order valence-electron chi connectivity index (χ1n) is 20.0. The Hall–Kier alpha value is -8.70. The van der Waals surface area contributed by atoms with Crippen LogP contribution in [-0.4, -0.2) is 59.1 Å². The Morgan fingerprint density at radius 3 is 1.92 bits per heavy atom. The summed E-state index contributed by atoms with van der Waals surface area (Å²) in [4.78, 5) is 35.6. The number of fused-ring (bicyclic) bond motifs is 2. The minimum atomic E-state index is 0.464. The van der Waals surface area contributed by atoms with Crippen LogP contribution in [-0.2, 0) is 13.1 Å². The van der Waals surface area contributed by atoms with E-state index in [9.17, 15) is 0 Å². The molecule has 8 heterocycles. The number of benzene rings is 2. The van der Waals surface area contributed by atoms with Crippen molar-refractivity contribution >= 4 is 34.8 Å². The van der Waals surface area contributed by atoms with Gasteiger partial charge in [0, 0.05) is 51.8 Å². The third-order valence-electron chi connectivity index (χ3n) is 10.2. The first-order chi connectivity index (χ1) is 30.4. The lowest BCUT2D eigenvalue weighted by atomic mass is 10.1. The molecule has 0 bridgehead atoms. The summed E-state index contributed by atoms with van der Waals surface area (Å²) in [6, 6.07) is 35.7. The van der Waals surface area contributed by atoms with Crippen molar-refractivity contribution in [3.8, 4) is 57.6 Å². The molecule has 8 aromatic heterocycles. The third-order valence-corrected chi connectivity index (χ3v) is 10.2. The van der Waals surface area contributed by atoms with Crippen molar-refractivity contribution in [1.29, 1.82) is 0 Å². The average Bonchev–Trinajstić information content (AvgIpc) is 4.13. The zero-order valence-electron chi connectivity index (χ0n) is 33.7. The molecule has 0 aliphatic heterocycles. The predicted molar refractivity (Wildman–Crippen MR) is 241 cm³/mol. The van der Waals surface area contributed by atoms with Gasteiger partial charge in [0.05, 0.1) is 47.3 Å². The van der Waals surface area contributed by atoms with Crippen molar-refractivity contribution in [3.05, 3.63) is 168 Å². The van der Waals surface area contributed by atoms with Gasteiger partial charge in [-0.05, 0) is 104 Å². The second kappa shape index (κ2) is 16.2. The van der Waals surface area contributed by atoms with Crippen LogP contribution in [0.3, 0.4) is 0 Å². The van der Waals surface area contributed by atoms with Gasteiger partial charge >= 0.3 is 0 Å². The minimum absolute atomic E-state index is 0.464. The van der Waals surface area contributed by atoms with Crippen LogP contribution in [0.25, 0.3) is 68.7 Å². The van der Waals surface area contributed by atoms with Gasteiger partial charge in [-0.3, -0.25) is 9.97 Å². The van der Waals surface area contributed by atoms with Crippen molar-refractivity contribution in [2.75, 3.05) is 10.6 Å². The van der Waals surface area contributed by atoms with E-state index < -0.39 is 0 Å². The number of aromatic amines is 2. The van der Waals surface area contributed by atoms with Gasteiger partial charge in [0.15, 0.2) is 17.1 Å². The van der Waals surface area contributed by atoms with Gasteiger partial charge in [-0.2, -0.15) is 5.10 Å². The molecule has 10 aromatic rings. The summed E-state index contributed by atoms with van der Waals surface area (Å²) in [7, 11) is 0. The molecule has 300 valence electrons. The molecule has 0 unspecified atom stereocenters. The van der Waals surface area contributed by atoms with E-state index >= 15 is 0 Å². The maximum Gasteiger partial charge on any atom is 0.174 e. The number of nitrogens with one attached hydrogen (secondary N) is 4. The molecular formula is C48H38N14. The normalized spacial score (nSPS) is 11.4. The summed E-state index contributed by atoms with van der Waals surface area (Å²) >= 11 is 0. The molecule has 4 N–H and O–H groups in total. The van der Waals surface area contributed by atoms with Crippen LogP contribution >= 0.6 is 0 Å². The molecule has 0 aliphatic carbocycles. The van der Waals surface area contributed by atoms with E-state index in [1.54, 1.807) is 9.03 Å². The van der Waals surface area contributed by atoms with Gasteiger partial charge in [-0.1, -0.05) is 42.3 Å². The lowest BCUT2D eigenvalue weighted by Gasteiger charge is -2.05. The van der Waals surface area contributed by atoms with Crippen molar-refractivity contribution in [3.63, 3.8) is 0 Å². The van der Waals surface area contributed by atoms with Gasteiger partial charge in [0.25, 0.3) is 0 Å². The Bertz CT molecular complexity index is 3300. The van der Waals surface area contributed by atoms with Crippen LogP contribution in [0.5, 0.6) is 0 Å². The van der Waals surface area contributed by atoms with Gasteiger partial charge in [-0.25, -0.2) is 29.0 Å². The molecule has 0 spiro atoms. The maximum atomic E-state index is 5.62. The number of H-pyrrole nitrogens is 2. The molecule has 14 heteroatoms. The fourth-order valence-corrected chi connectivity index (χ4v) is 7.21. The second-order valence-corrected chi connectivity index (χ2v) is 14.7. The number of anilines is 2. The highest BCUT2D eigenvalue weighted by atomic mass is 15.3. The Labute approximate surface area is 356 Å². The van der Waals surface area contributed by atoms with E-state index in [4.69, 9.17) is 36.4 Å². The molecule has 0 aliphatic rings. The molecule has 2 aromatic carbocycles. The van der Waals surface area contributed by atoms with Crippen LogP contribution in [0.4, 0.5) is 11.4 Å². The lowest BCUT2D eigenvalue weighted by molar-refractivity contribution is 0.953. The number of aryl methyl sites for hydroxylation is 2. The van der Waals surface area contributed by atoms with E-state index in [-0.39, 0.29) is 0 Å². The fourth-order valence-electron chi connectivity index (χ4n) is 7.21. The van der Waals surface area contributed by atoms with Crippen LogP contribution < -0.4 is 10.6 Å². The molecule has 0 radical (unpaired) electrons. The first kappa shape index (κ1) is 37.6. The number of hydrogen-bond acceptors (Lipinski definition) is 10. The summed E-state index contributed by atoms with van der Waals surface area (Å²) in [6.45, 7) is 4.90. The van der Waals surface area contributed by atoms with E-state index in [0.717, 1.165) is 102 Å². The summed E-state index contributed by atoms with van der Waals surface area (Å²) in [6.07, 6.45) is 14.9. The molecule has 0 saturated heterocycles. The standard InChI is InChI=1S/C48H38N14/c1-4-32-10-7-11-37(24-32)50-26-42-57-46(48(59-42)39-13-6-9-31(3)54-39)35-18-23-44-55-40(60-62(44)28-35)21-16-33-14-19-36(20-15-33)49-25-41-56-45(34-17-22-43-51-29-52-61(43)27-34)47(58-41)38-12-5-8-30(2)53-38/h1,5-24,27-29,49-50H,25-26H2,2-3H3,(H,56,58)(H,57,59)/b21-16+. The molecule has 0 atom stereocenters. The SMILES string of the molecule is C#Cc1cccc(NCc2nc(-c3ccc4nc(/C=C/c5ccc(NCc6nc(-c7ccc8ncnn8c7)c(-c7cccc(C)n7)[nH]6)cc5)nn4c3)c(-c3cccc(C)n3)[nH]2)c1. The van der Waals surface area contributed by atoms with Gasteiger partial charge in [0.2, 0.25) is 0 Å². The summed E-state index contributed by atoms with van der Waals surface area (Å²) in [5.41, 5.74) is 13.6. The second-order valence-electron chi connectivity index (χ2n) is 14.7. The van der Waals surface area contributed by atoms with E-state index in [1.165, 1.54) is 6.33 Å². The zero-order valence-corrected chi connectivity index (χ0v) is 33.7. The first-order valence-corrected chi connectivity index (χ1v) is 20.0. The van der Waals surface area contributed by atoms with Gasteiger partial charge < -0.3 is 20.6 Å². The average molecular weight is 811 g/mol. The van der Waals surface area contributed by atoms with Crippen molar-refractivity contribution in [2.24, 2.45) is 0 Å². The molecule has 62 heavy (non-hydrogen) atoms. The van der Waals surface area contributed by atoms with E-state index in [1.807, 2.05) is 148 Å². The molecular weight excluding hydrogens is 773 g/mol. The molecule has 14 nitrogen and oxygen atoms in total. The van der Waals surface area contributed by atoms with E-state index in [0.29, 0.717) is 18.9 Å². The third kappa shape index (κ3) is 7.88. The number of aromatic nitrogens is 12. The Balaban J connectivity index is 0.845. The Morgan fingerprint density at radius 2 is 1.26 bits per heavy atom. The van der Waals surface area contributed by atoms with Crippen LogP contribution in [0.2, 0.25) is 0 Å². The molecule has 0 amide bonds. The van der Waals surface area contributed by atoms with Crippen LogP contribution in [0.15, 0.2) is 128 Å². The highest BCUT2D eigenvalue weighted by Gasteiger charge is 2.18.